The third-order valence-electron chi connectivity index (χ3n) is 2.07. The van der Waals surface area contributed by atoms with Gasteiger partial charge in [0, 0.05) is 12.7 Å². The number of hydrogen-bond acceptors (Lipinski definition) is 3. The molecule has 4 N–H and O–H groups in total. The third kappa shape index (κ3) is 4.54. The molecule has 0 aliphatic rings. The minimum atomic E-state index is -0.632. The first-order chi connectivity index (χ1) is 7.99. The minimum absolute atomic E-state index is 0.00615. The van der Waals surface area contributed by atoms with Crippen molar-refractivity contribution in [1.82, 2.24) is 15.3 Å². The number of aromatic nitrogens is 2. The Hall–Kier alpha value is -2.05. The average molecular weight is 240 g/mol. The molecule has 0 bridgehead atoms. The molecule has 0 radical (unpaired) electrons. The summed E-state index contributed by atoms with van der Waals surface area (Å²) in [4.78, 5) is 37.6. The number of carbonyl (C=O) groups excluding carboxylic acids is 1. The maximum Gasteiger partial charge on any atom is 0.325 e. The number of hydrogen-bond donors (Lipinski definition) is 4. The monoisotopic (exact) mass is 240 g/mol. The van der Waals surface area contributed by atoms with Gasteiger partial charge in [0.25, 0.3) is 5.56 Å². The van der Waals surface area contributed by atoms with E-state index >= 15 is 0 Å². The molecule has 1 rings (SSSR count). The standard InChI is InChI=1S/C10H16N4O3/c1-6(2)3-4-11-9(16)13-7-5-12-10(17)14-8(7)15/h5-6H,3-4H2,1-2H3,(H2,11,13,16)(H2,12,14,15,17). The van der Waals surface area contributed by atoms with E-state index in [-0.39, 0.29) is 5.69 Å². The van der Waals surface area contributed by atoms with Crippen molar-refractivity contribution < 1.29 is 4.79 Å². The van der Waals surface area contributed by atoms with E-state index in [1.54, 1.807) is 0 Å². The molecule has 7 heteroatoms. The van der Waals surface area contributed by atoms with E-state index in [1.807, 2.05) is 18.8 Å². The van der Waals surface area contributed by atoms with Gasteiger partial charge >= 0.3 is 11.7 Å². The van der Waals surface area contributed by atoms with Crippen LogP contribution in [0.25, 0.3) is 0 Å². The van der Waals surface area contributed by atoms with E-state index in [0.717, 1.165) is 12.6 Å². The number of nitrogens with one attached hydrogen (secondary N) is 4. The van der Waals surface area contributed by atoms with E-state index in [2.05, 4.69) is 15.6 Å². The molecule has 7 nitrogen and oxygen atoms in total. The summed E-state index contributed by atoms with van der Waals surface area (Å²) in [7, 11) is 0. The lowest BCUT2D eigenvalue weighted by Crippen LogP contribution is -2.33. The molecular weight excluding hydrogens is 224 g/mol. The molecular formula is C10H16N4O3. The van der Waals surface area contributed by atoms with Crippen LogP contribution in [0.4, 0.5) is 10.5 Å². The van der Waals surface area contributed by atoms with Crippen LogP contribution in [0, 0.1) is 5.92 Å². The highest BCUT2D eigenvalue weighted by Gasteiger charge is 2.05. The highest BCUT2D eigenvalue weighted by atomic mass is 16.2. The second-order valence-electron chi connectivity index (χ2n) is 4.05. The Balaban J connectivity index is 2.51. The van der Waals surface area contributed by atoms with E-state index in [4.69, 9.17) is 0 Å². The number of carbonyl (C=O) groups is 1. The maximum absolute atomic E-state index is 11.4. The predicted molar refractivity (Wildman–Crippen MR) is 64.2 cm³/mol. The van der Waals surface area contributed by atoms with Crippen molar-refractivity contribution in [2.75, 3.05) is 11.9 Å². The van der Waals surface area contributed by atoms with Crippen molar-refractivity contribution >= 4 is 11.7 Å². The molecule has 1 heterocycles. The number of urea groups is 1. The number of anilines is 1. The lowest BCUT2D eigenvalue weighted by atomic mass is 10.1. The van der Waals surface area contributed by atoms with Crippen LogP contribution < -0.4 is 21.9 Å². The van der Waals surface area contributed by atoms with Gasteiger partial charge < -0.3 is 15.6 Å². The topological polar surface area (TPSA) is 107 Å². The van der Waals surface area contributed by atoms with Crippen LogP contribution >= 0.6 is 0 Å². The van der Waals surface area contributed by atoms with Gasteiger partial charge in [0.15, 0.2) is 0 Å². The van der Waals surface area contributed by atoms with E-state index < -0.39 is 17.3 Å². The first kappa shape index (κ1) is 13.0. The van der Waals surface area contributed by atoms with Crippen molar-refractivity contribution in [2.45, 2.75) is 20.3 Å². The highest BCUT2D eigenvalue weighted by molar-refractivity contribution is 5.88. The maximum atomic E-state index is 11.4. The van der Waals surface area contributed by atoms with Crippen molar-refractivity contribution in [3.05, 3.63) is 27.0 Å². The molecule has 0 unspecified atom stereocenters. The molecule has 0 saturated heterocycles. The fourth-order valence-corrected chi connectivity index (χ4v) is 1.14. The Morgan fingerprint density at radius 2 is 2.12 bits per heavy atom. The summed E-state index contributed by atoms with van der Waals surface area (Å²) >= 11 is 0. The zero-order chi connectivity index (χ0) is 12.8. The quantitative estimate of drug-likeness (QED) is 0.605. The summed E-state index contributed by atoms with van der Waals surface area (Å²) in [5.74, 6) is 0.492. The van der Waals surface area contributed by atoms with Crippen LogP contribution in [-0.2, 0) is 0 Å². The average Bonchev–Trinajstić information content (AvgIpc) is 2.21. The molecule has 0 aromatic carbocycles. The second-order valence-corrected chi connectivity index (χ2v) is 4.05. The lowest BCUT2D eigenvalue weighted by molar-refractivity contribution is 0.251. The summed E-state index contributed by atoms with van der Waals surface area (Å²) < 4.78 is 0. The number of aromatic amines is 2. The van der Waals surface area contributed by atoms with Gasteiger partial charge in [-0.1, -0.05) is 13.8 Å². The molecule has 1 aromatic heterocycles. The molecule has 2 amide bonds. The first-order valence-electron chi connectivity index (χ1n) is 5.36. The van der Waals surface area contributed by atoms with Crippen molar-refractivity contribution in [1.29, 1.82) is 0 Å². The number of H-pyrrole nitrogens is 2. The summed E-state index contributed by atoms with van der Waals surface area (Å²) in [6.07, 6.45) is 2.01. The first-order valence-corrected chi connectivity index (χ1v) is 5.36. The molecule has 1 aromatic rings. The zero-order valence-electron chi connectivity index (χ0n) is 9.79. The molecule has 94 valence electrons. The molecule has 0 fully saturated rings. The fourth-order valence-electron chi connectivity index (χ4n) is 1.14. The summed E-state index contributed by atoms with van der Waals surface area (Å²) in [5.41, 5.74) is -1.24. The van der Waals surface area contributed by atoms with E-state index in [1.165, 1.54) is 0 Å². The Kier molecular flexibility index (Phi) is 4.50. The van der Waals surface area contributed by atoms with E-state index in [9.17, 15) is 14.4 Å². The minimum Gasteiger partial charge on any atom is -0.338 e. The lowest BCUT2D eigenvalue weighted by Gasteiger charge is -2.07. The van der Waals surface area contributed by atoms with Crippen molar-refractivity contribution in [2.24, 2.45) is 5.92 Å². The fraction of sp³-hybridized carbons (Fsp3) is 0.500. The molecule has 0 saturated carbocycles. The van der Waals surface area contributed by atoms with Crippen LogP contribution in [0.2, 0.25) is 0 Å². The van der Waals surface area contributed by atoms with Gasteiger partial charge in [-0.15, -0.1) is 0 Å². The van der Waals surface area contributed by atoms with Crippen LogP contribution in [0.3, 0.4) is 0 Å². The molecule has 0 aliphatic carbocycles. The molecule has 17 heavy (non-hydrogen) atoms. The van der Waals surface area contributed by atoms with E-state index in [0.29, 0.717) is 12.5 Å². The van der Waals surface area contributed by atoms with Gasteiger partial charge in [-0.25, -0.2) is 9.59 Å². The predicted octanol–water partition coefficient (Wildman–Crippen LogP) is 0.231. The summed E-state index contributed by atoms with van der Waals surface area (Å²) in [5, 5.41) is 4.96. The Morgan fingerprint density at radius 3 is 2.71 bits per heavy atom. The van der Waals surface area contributed by atoms with Crippen LogP contribution in [0.15, 0.2) is 15.8 Å². The third-order valence-corrected chi connectivity index (χ3v) is 2.07. The Bertz CT molecular complexity index is 489. The van der Waals surface area contributed by atoms with Gasteiger partial charge in [-0.3, -0.25) is 9.78 Å². The number of rotatable bonds is 4. The Morgan fingerprint density at radius 1 is 1.41 bits per heavy atom. The van der Waals surface area contributed by atoms with Gasteiger partial charge in [0.1, 0.15) is 5.69 Å². The molecule has 0 atom stereocenters. The summed E-state index contributed by atoms with van der Waals surface area (Å²) in [6, 6.07) is -0.469. The van der Waals surface area contributed by atoms with Gasteiger partial charge in [-0.2, -0.15) is 0 Å². The van der Waals surface area contributed by atoms with Crippen molar-refractivity contribution in [3.63, 3.8) is 0 Å². The molecule has 0 spiro atoms. The van der Waals surface area contributed by atoms with Crippen LogP contribution in [-0.4, -0.2) is 22.5 Å². The van der Waals surface area contributed by atoms with Crippen LogP contribution in [0.5, 0.6) is 0 Å². The van der Waals surface area contributed by atoms with Gasteiger partial charge in [0.05, 0.1) is 0 Å². The normalized spacial score (nSPS) is 10.3. The SMILES string of the molecule is CC(C)CCNC(=O)Nc1c[nH]c(=O)[nH]c1=O. The number of amides is 2. The molecule has 0 aliphatic heterocycles. The largest absolute Gasteiger partial charge is 0.338 e. The van der Waals surface area contributed by atoms with Crippen LogP contribution in [0.1, 0.15) is 20.3 Å². The smallest absolute Gasteiger partial charge is 0.325 e. The second kappa shape index (κ2) is 5.88. The van der Waals surface area contributed by atoms with Gasteiger partial charge in [0.2, 0.25) is 0 Å². The summed E-state index contributed by atoms with van der Waals surface area (Å²) in [6.45, 7) is 4.63. The van der Waals surface area contributed by atoms with Crippen molar-refractivity contribution in [3.8, 4) is 0 Å². The van der Waals surface area contributed by atoms with Gasteiger partial charge in [-0.05, 0) is 12.3 Å². The Labute approximate surface area is 97.6 Å². The zero-order valence-corrected chi connectivity index (χ0v) is 9.79. The highest BCUT2D eigenvalue weighted by Crippen LogP contribution is 1.97.